The molecule has 2 aromatic heterocycles. The summed E-state index contributed by atoms with van der Waals surface area (Å²) in [6.07, 6.45) is 0.241. The zero-order chi connectivity index (χ0) is 27.1. The summed E-state index contributed by atoms with van der Waals surface area (Å²) in [7, 11) is 1.43. The number of fused-ring (bicyclic) bond motifs is 1. The first kappa shape index (κ1) is 26.6. The van der Waals surface area contributed by atoms with Crippen molar-refractivity contribution < 1.29 is 32.6 Å². The number of anilines is 1. The number of hydrogen-bond acceptors (Lipinski definition) is 8. The van der Waals surface area contributed by atoms with Crippen molar-refractivity contribution in [1.29, 1.82) is 0 Å². The van der Waals surface area contributed by atoms with Crippen LogP contribution >= 0.6 is 34.7 Å². The highest BCUT2D eigenvalue weighted by molar-refractivity contribution is 7.17. The Kier molecular flexibility index (Phi) is 7.21. The summed E-state index contributed by atoms with van der Waals surface area (Å²) in [6, 6.07) is 10.4. The van der Waals surface area contributed by atoms with Crippen molar-refractivity contribution in [3.8, 4) is 22.1 Å². The van der Waals surface area contributed by atoms with Crippen LogP contribution in [0, 0.1) is 0 Å². The van der Waals surface area contributed by atoms with Crippen LogP contribution in [0.15, 0.2) is 42.6 Å². The van der Waals surface area contributed by atoms with Crippen molar-refractivity contribution in [2.45, 2.75) is 30.9 Å². The van der Waals surface area contributed by atoms with E-state index in [1.807, 2.05) is 6.07 Å². The normalized spacial score (nSPS) is 17.1. The molecule has 1 fully saturated rings. The predicted octanol–water partition coefficient (Wildman–Crippen LogP) is 5.47. The van der Waals surface area contributed by atoms with Gasteiger partial charge < -0.3 is 19.1 Å². The number of carbonyl (C=O) groups excluding carboxylic acids is 2. The van der Waals surface area contributed by atoms with Gasteiger partial charge in [0, 0.05) is 18.0 Å². The number of thiophene rings is 1. The molecule has 1 amide bonds. The van der Waals surface area contributed by atoms with Crippen LogP contribution in [-0.2, 0) is 16.1 Å². The Morgan fingerprint density at radius 1 is 1.21 bits per heavy atom. The van der Waals surface area contributed by atoms with Crippen LogP contribution in [0.4, 0.5) is 14.5 Å². The molecule has 1 saturated carbocycles. The van der Waals surface area contributed by atoms with Crippen molar-refractivity contribution in [3.05, 3.63) is 58.1 Å². The third-order valence-electron chi connectivity index (χ3n) is 6.21. The number of carbonyl (C=O) groups is 2. The summed E-state index contributed by atoms with van der Waals surface area (Å²) in [5, 5.41) is 0.534. The first-order valence-corrected chi connectivity index (χ1v) is 13.0. The second-order valence-corrected chi connectivity index (χ2v) is 10.8. The van der Waals surface area contributed by atoms with Gasteiger partial charge in [-0.15, -0.1) is 11.3 Å². The number of alkyl halides is 2. The van der Waals surface area contributed by atoms with Crippen molar-refractivity contribution >= 4 is 52.3 Å². The Balaban J connectivity index is 1.29. The highest BCUT2D eigenvalue weighted by atomic mass is 35.5. The molecule has 0 radical (unpaired) electrons. The summed E-state index contributed by atoms with van der Waals surface area (Å²) in [5.74, 6) is -3.32. The highest BCUT2D eigenvalue weighted by Gasteiger charge is 2.60. The number of aromatic nitrogens is 1. The lowest BCUT2D eigenvalue weighted by Crippen LogP contribution is -2.58. The van der Waals surface area contributed by atoms with Gasteiger partial charge in [0.1, 0.15) is 13.2 Å². The number of nitrogens with zero attached hydrogens (tertiary/aromatic N) is 2. The number of hydrogen-bond donors (Lipinski definition) is 1. The summed E-state index contributed by atoms with van der Waals surface area (Å²) in [6.45, 7) is -0.266. The van der Waals surface area contributed by atoms with E-state index in [1.165, 1.54) is 18.4 Å². The average molecular weight is 584 g/mol. The first-order valence-electron chi connectivity index (χ1n) is 11.4. The lowest BCUT2D eigenvalue weighted by atomic mass is 9.77. The third kappa shape index (κ3) is 5.28. The van der Waals surface area contributed by atoms with E-state index >= 15 is 0 Å². The third-order valence-corrected chi connectivity index (χ3v) is 7.75. The molecule has 1 N–H and O–H groups in total. The van der Waals surface area contributed by atoms with E-state index < -0.39 is 30.3 Å². The molecule has 0 spiro atoms. The van der Waals surface area contributed by atoms with Crippen LogP contribution in [-0.4, -0.2) is 48.6 Å². The Morgan fingerprint density at radius 3 is 2.63 bits per heavy atom. The molecule has 13 heteroatoms. The zero-order valence-electron chi connectivity index (χ0n) is 19.9. The van der Waals surface area contributed by atoms with E-state index in [2.05, 4.69) is 9.82 Å². The van der Waals surface area contributed by atoms with E-state index in [1.54, 1.807) is 41.4 Å². The molecule has 3 aromatic rings. The maximum absolute atomic E-state index is 13.7. The van der Waals surface area contributed by atoms with Gasteiger partial charge >= 0.3 is 5.97 Å². The van der Waals surface area contributed by atoms with Crippen LogP contribution in [0.25, 0.3) is 10.6 Å². The van der Waals surface area contributed by atoms with Gasteiger partial charge in [-0.3, -0.25) is 14.6 Å². The molecule has 0 unspecified atom stereocenters. The predicted molar refractivity (Wildman–Crippen MR) is 138 cm³/mol. The number of rotatable bonds is 9. The maximum Gasteiger partial charge on any atom is 0.321 e. The molecule has 200 valence electrons. The number of amides is 1. The quantitative estimate of drug-likeness (QED) is 0.264. The maximum atomic E-state index is 13.7. The minimum absolute atomic E-state index is 0.156. The standard InChI is InChI=1S/C25H21Cl2F2N3O5S/c1-35-19-7-16(3-5-18(19)36-13-24(11-25(28,29)12-24)37-21(33)9-31-27)32-10-14-6-20(38-22(14)23(32)34)17-4-2-15(26)8-30-17/h2-8,31H,9-13H2,1H3. The van der Waals surface area contributed by atoms with E-state index in [9.17, 15) is 18.4 Å². The minimum atomic E-state index is -2.95. The first-order chi connectivity index (χ1) is 18.1. The van der Waals surface area contributed by atoms with E-state index in [4.69, 9.17) is 37.6 Å². The zero-order valence-corrected chi connectivity index (χ0v) is 22.3. The second-order valence-electron chi connectivity index (χ2n) is 9.02. The second kappa shape index (κ2) is 10.3. The van der Waals surface area contributed by atoms with Gasteiger partial charge in [-0.05, 0) is 47.7 Å². The summed E-state index contributed by atoms with van der Waals surface area (Å²) >= 11 is 12.6. The van der Waals surface area contributed by atoms with Crippen molar-refractivity contribution in [2.24, 2.45) is 0 Å². The lowest BCUT2D eigenvalue weighted by molar-refractivity contribution is -0.233. The summed E-state index contributed by atoms with van der Waals surface area (Å²) < 4.78 is 43.8. The number of halogens is 4. The van der Waals surface area contributed by atoms with Gasteiger partial charge in [-0.1, -0.05) is 11.6 Å². The molecular weight excluding hydrogens is 563 g/mol. The van der Waals surface area contributed by atoms with Crippen LogP contribution in [0.5, 0.6) is 11.5 Å². The van der Waals surface area contributed by atoms with Gasteiger partial charge in [0.2, 0.25) is 0 Å². The van der Waals surface area contributed by atoms with Crippen molar-refractivity contribution in [1.82, 2.24) is 9.82 Å². The number of benzene rings is 1. The monoisotopic (exact) mass is 583 g/mol. The van der Waals surface area contributed by atoms with Gasteiger partial charge in [0.25, 0.3) is 11.8 Å². The van der Waals surface area contributed by atoms with Crippen LogP contribution < -0.4 is 19.2 Å². The molecule has 5 rings (SSSR count). The highest BCUT2D eigenvalue weighted by Crippen LogP contribution is 2.49. The lowest BCUT2D eigenvalue weighted by Gasteiger charge is -2.45. The minimum Gasteiger partial charge on any atom is -0.493 e. The Labute approximate surface area is 230 Å². The number of nitrogens with one attached hydrogen (secondary N) is 1. The molecule has 38 heavy (non-hydrogen) atoms. The van der Waals surface area contributed by atoms with Gasteiger partial charge in [0.05, 0.1) is 47.0 Å². The smallest absolute Gasteiger partial charge is 0.321 e. The van der Waals surface area contributed by atoms with Crippen LogP contribution in [0.1, 0.15) is 28.1 Å². The van der Waals surface area contributed by atoms with Gasteiger partial charge in [-0.2, -0.15) is 0 Å². The molecule has 0 atom stereocenters. The number of pyridine rings is 1. The molecule has 1 aromatic carbocycles. The van der Waals surface area contributed by atoms with E-state index in [-0.39, 0.29) is 24.8 Å². The van der Waals surface area contributed by atoms with E-state index in [0.29, 0.717) is 27.9 Å². The molecular formula is C25H21Cl2F2N3O5S. The fraction of sp³-hybridized carbons (Fsp3) is 0.320. The topological polar surface area (TPSA) is 90.0 Å². The Bertz CT molecular complexity index is 1380. The molecule has 8 nitrogen and oxygen atoms in total. The fourth-order valence-corrected chi connectivity index (χ4v) is 5.85. The molecule has 0 saturated heterocycles. The number of ether oxygens (including phenoxy) is 3. The number of methoxy groups -OCH3 is 1. The van der Waals surface area contributed by atoms with Crippen LogP contribution in [0.2, 0.25) is 5.02 Å². The van der Waals surface area contributed by atoms with Crippen LogP contribution in [0.3, 0.4) is 0 Å². The summed E-state index contributed by atoms with van der Waals surface area (Å²) in [5.41, 5.74) is 0.724. The van der Waals surface area contributed by atoms with Gasteiger partial charge in [-0.25, -0.2) is 13.6 Å². The largest absolute Gasteiger partial charge is 0.493 e. The molecule has 3 heterocycles. The average Bonchev–Trinajstić information content (AvgIpc) is 3.41. The summed E-state index contributed by atoms with van der Waals surface area (Å²) in [4.78, 5) is 34.6. The SMILES string of the molecule is COc1cc(N2Cc3cc(-c4ccc(Cl)cn4)sc3C2=O)ccc1OCC1(OC(=O)CNCl)CC(F)(F)C1. The molecule has 1 aliphatic carbocycles. The molecule has 2 aliphatic rings. The Morgan fingerprint density at radius 2 is 2.00 bits per heavy atom. The van der Waals surface area contributed by atoms with Crippen molar-refractivity contribution in [3.63, 3.8) is 0 Å². The van der Waals surface area contributed by atoms with E-state index in [0.717, 1.165) is 16.1 Å². The Hall–Kier alpha value is -2.99. The molecule has 1 aliphatic heterocycles. The van der Waals surface area contributed by atoms with Gasteiger partial charge in [0.15, 0.2) is 17.1 Å². The fourth-order valence-electron chi connectivity index (χ4n) is 4.53. The number of esters is 1. The molecule has 0 bridgehead atoms. The van der Waals surface area contributed by atoms with Crippen molar-refractivity contribution in [2.75, 3.05) is 25.2 Å².